The van der Waals surface area contributed by atoms with Gasteiger partial charge in [-0.15, -0.1) is 0 Å². The van der Waals surface area contributed by atoms with Gasteiger partial charge in [-0.05, 0) is 29.7 Å². The summed E-state index contributed by atoms with van der Waals surface area (Å²) in [7, 11) is 4.00. The fourth-order valence-electron chi connectivity index (χ4n) is 3.99. The zero-order valence-corrected chi connectivity index (χ0v) is 17.9. The number of benzene rings is 1. The van der Waals surface area contributed by atoms with Crippen LogP contribution in [0.1, 0.15) is 24.5 Å². The Bertz CT molecular complexity index is 607. The first-order valence-electron chi connectivity index (χ1n) is 10.1. The summed E-state index contributed by atoms with van der Waals surface area (Å²) >= 11 is 2.07. The van der Waals surface area contributed by atoms with E-state index in [0.29, 0.717) is 0 Å². The van der Waals surface area contributed by atoms with E-state index in [1.165, 1.54) is 29.1 Å². The Labute approximate surface area is 168 Å². The number of morpholine rings is 1. The molecule has 0 aromatic heterocycles. The van der Waals surface area contributed by atoms with Gasteiger partial charge >= 0.3 is 0 Å². The first kappa shape index (κ1) is 20.5. The van der Waals surface area contributed by atoms with Gasteiger partial charge in [0.15, 0.2) is 5.96 Å². The lowest BCUT2D eigenvalue weighted by Crippen LogP contribution is -2.60. The van der Waals surface area contributed by atoms with E-state index in [9.17, 15) is 0 Å². The van der Waals surface area contributed by atoms with E-state index < -0.39 is 0 Å². The largest absolute Gasteiger partial charge is 0.379 e. The minimum absolute atomic E-state index is 0.230. The maximum Gasteiger partial charge on any atom is 0.193 e. The highest BCUT2D eigenvalue weighted by Crippen LogP contribution is 2.33. The number of aliphatic imine (C=N–C) groups is 1. The van der Waals surface area contributed by atoms with Crippen LogP contribution in [-0.2, 0) is 17.7 Å². The number of nitrogens with one attached hydrogen (secondary N) is 1. The predicted octanol–water partition coefficient (Wildman–Crippen LogP) is 2.46. The highest BCUT2D eigenvalue weighted by molar-refractivity contribution is 7.99. The molecule has 1 N–H and O–H groups in total. The van der Waals surface area contributed by atoms with Gasteiger partial charge in [0.05, 0.1) is 13.2 Å². The van der Waals surface area contributed by atoms with Crippen LogP contribution in [0.2, 0.25) is 0 Å². The number of ether oxygens (including phenoxy) is 1. The van der Waals surface area contributed by atoms with Gasteiger partial charge in [0.25, 0.3) is 0 Å². The van der Waals surface area contributed by atoms with Crippen LogP contribution in [0, 0.1) is 0 Å². The van der Waals surface area contributed by atoms with E-state index >= 15 is 0 Å². The maximum atomic E-state index is 5.57. The van der Waals surface area contributed by atoms with Crippen LogP contribution in [0.4, 0.5) is 0 Å². The molecule has 0 saturated carbocycles. The van der Waals surface area contributed by atoms with Crippen LogP contribution >= 0.6 is 11.8 Å². The summed E-state index contributed by atoms with van der Waals surface area (Å²) < 4.78 is 5.57. The Hall–Kier alpha value is -1.24. The minimum Gasteiger partial charge on any atom is -0.379 e. The van der Waals surface area contributed by atoms with Crippen LogP contribution in [0.25, 0.3) is 0 Å². The summed E-state index contributed by atoms with van der Waals surface area (Å²) in [5.41, 5.74) is 2.93. The van der Waals surface area contributed by atoms with Crippen molar-refractivity contribution in [3.63, 3.8) is 0 Å². The topological polar surface area (TPSA) is 40.1 Å². The van der Waals surface area contributed by atoms with Gasteiger partial charge < -0.3 is 15.0 Å². The van der Waals surface area contributed by atoms with Gasteiger partial charge in [0.1, 0.15) is 0 Å². The lowest BCUT2D eigenvalue weighted by molar-refractivity contribution is -0.0121. The van der Waals surface area contributed by atoms with Gasteiger partial charge in [-0.3, -0.25) is 9.89 Å². The molecule has 2 heterocycles. The van der Waals surface area contributed by atoms with E-state index in [1.807, 2.05) is 7.05 Å². The smallest absolute Gasteiger partial charge is 0.193 e. The van der Waals surface area contributed by atoms with Gasteiger partial charge in [0.2, 0.25) is 0 Å². The molecule has 0 spiro atoms. The molecule has 0 radical (unpaired) electrons. The number of hydrogen-bond donors (Lipinski definition) is 1. The number of hydrogen-bond acceptors (Lipinski definition) is 4. The molecular formula is C21H34N4OS. The third-order valence-corrected chi connectivity index (χ3v) is 7.00. The van der Waals surface area contributed by atoms with Crippen molar-refractivity contribution in [3.8, 4) is 0 Å². The second-order valence-corrected chi connectivity index (χ2v) is 8.66. The molecule has 2 saturated heterocycles. The second kappa shape index (κ2) is 9.80. The SMILES string of the molecule is CCc1ccc(CN(C)C(=NC)NCC2(N3CCOCC3)CCSC2)cc1. The molecule has 27 heavy (non-hydrogen) atoms. The molecule has 1 aromatic carbocycles. The Morgan fingerprint density at radius 1 is 1.26 bits per heavy atom. The molecule has 150 valence electrons. The van der Waals surface area contributed by atoms with Gasteiger partial charge in [-0.25, -0.2) is 0 Å². The van der Waals surface area contributed by atoms with Crippen molar-refractivity contribution in [3.05, 3.63) is 35.4 Å². The lowest BCUT2D eigenvalue weighted by atomic mass is 9.95. The van der Waals surface area contributed by atoms with E-state index in [-0.39, 0.29) is 5.54 Å². The summed E-state index contributed by atoms with van der Waals surface area (Å²) in [6, 6.07) is 8.90. The first-order valence-corrected chi connectivity index (χ1v) is 11.2. The fourth-order valence-corrected chi connectivity index (χ4v) is 5.47. The summed E-state index contributed by atoms with van der Waals surface area (Å²) in [4.78, 5) is 9.39. The molecule has 1 unspecified atom stereocenters. The lowest BCUT2D eigenvalue weighted by Gasteiger charge is -2.43. The molecule has 5 nitrogen and oxygen atoms in total. The average Bonchev–Trinajstić information content (AvgIpc) is 3.20. The summed E-state index contributed by atoms with van der Waals surface area (Å²) in [5.74, 6) is 3.41. The van der Waals surface area contributed by atoms with Crippen molar-refractivity contribution >= 4 is 17.7 Å². The van der Waals surface area contributed by atoms with Crippen LogP contribution in [0.3, 0.4) is 0 Å². The maximum absolute atomic E-state index is 5.57. The molecule has 2 aliphatic rings. The third-order valence-electron chi connectivity index (χ3n) is 5.76. The van der Waals surface area contributed by atoms with E-state index in [1.54, 1.807) is 0 Å². The molecule has 0 amide bonds. The van der Waals surface area contributed by atoms with Crippen molar-refractivity contribution in [1.82, 2.24) is 15.1 Å². The zero-order valence-electron chi connectivity index (χ0n) is 17.0. The summed E-state index contributed by atoms with van der Waals surface area (Å²) in [5, 5.41) is 3.67. The fraction of sp³-hybridized carbons (Fsp3) is 0.667. The molecule has 2 fully saturated rings. The second-order valence-electron chi connectivity index (χ2n) is 7.55. The molecule has 2 aliphatic heterocycles. The Kier molecular flexibility index (Phi) is 7.44. The molecule has 1 atom stereocenters. The van der Waals surface area contributed by atoms with Gasteiger partial charge in [-0.2, -0.15) is 11.8 Å². The third kappa shape index (κ3) is 5.18. The number of nitrogens with zero attached hydrogens (tertiary/aromatic N) is 3. The van der Waals surface area contributed by atoms with Crippen molar-refractivity contribution in [2.45, 2.75) is 31.8 Å². The predicted molar refractivity (Wildman–Crippen MR) is 116 cm³/mol. The first-order chi connectivity index (χ1) is 13.2. The highest BCUT2D eigenvalue weighted by atomic mass is 32.2. The minimum atomic E-state index is 0.230. The molecule has 1 aromatic rings. The Balaban J connectivity index is 1.59. The van der Waals surface area contributed by atoms with E-state index in [0.717, 1.165) is 51.8 Å². The number of thioether (sulfide) groups is 1. The monoisotopic (exact) mass is 390 g/mol. The van der Waals surface area contributed by atoms with Crippen molar-refractivity contribution in [1.29, 1.82) is 0 Å². The summed E-state index contributed by atoms with van der Waals surface area (Å²) in [6.07, 6.45) is 2.32. The van der Waals surface area contributed by atoms with Crippen molar-refractivity contribution < 1.29 is 4.74 Å². The number of guanidine groups is 1. The van der Waals surface area contributed by atoms with Gasteiger partial charge in [-0.1, -0.05) is 31.2 Å². The average molecular weight is 391 g/mol. The molecule has 3 rings (SSSR count). The standard InChI is InChI=1S/C21H34N4OS/c1-4-18-5-7-19(8-6-18)15-24(3)20(22-2)23-16-21(9-14-27-17-21)25-10-12-26-13-11-25/h5-8H,4,9-17H2,1-3H3,(H,22,23). The van der Waals surface area contributed by atoms with E-state index in [2.05, 4.69) is 70.1 Å². The molecular weight excluding hydrogens is 356 g/mol. The van der Waals surface area contributed by atoms with Crippen molar-refractivity contribution in [2.24, 2.45) is 4.99 Å². The highest BCUT2D eigenvalue weighted by Gasteiger charge is 2.40. The molecule has 6 heteroatoms. The molecule has 0 aliphatic carbocycles. The Morgan fingerprint density at radius 3 is 2.56 bits per heavy atom. The van der Waals surface area contributed by atoms with Crippen molar-refractivity contribution in [2.75, 3.05) is 58.4 Å². The van der Waals surface area contributed by atoms with Crippen LogP contribution in [0.5, 0.6) is 0 Å². The van der Waals surface area contributed by atoms with E-state index in [4.69, 9.17) is 4.74 Å². The van der Waals surface area contributed by atoms with Crippen LogP contribution in [0.15, 0.2) is 29.3 Å². The Morgan fingerprint density at radius 2 is 1.96 bits per heavy atom. The van der Waals surface area contributed by atoms with Crippen LogP contribution < -0.4 is 5.32 Å². The summed E-state index contributed by atoms with van der Waals surface area (Å²) in [6.45, 7) is 7.80. The van der Waals surface area contributed by atoms with Gasteiger partial charge in [0, 0.05) is 51.6 Å². The number of aryl methyl sites for hydroxylation is 1. The van der Waals surface area contributed by atoms with Crippen LogP contribution in [-0.4, -0.2) is 79.7 Å². The quantitative estimate of drug-likeness (QED) is 0.597. The number of rotatable bonds is 6. The zero-order chi connectivity index (χ0) is 19.1. The normalized spacial score (nSPS) is 24.2. The molecule has 0 bridgehead atoms.